The summed E-state index contributed by atoms with van der Waals surface area (Å²) in [5.41, 5.74) is 1.09. The van der Waals surface area contributed by atoms with Crippen LogP contribution in [0, 0.1) is 23.0 Å². The molecule has 1 N–H and O–H groups in total. The molecule has 0 saturated carbocycles. The first kappa shape index (κ1) is 17.8. The number of hydrogen-bond acceptors (Lipinski definition) is 2. The Morgan fingerprint density at radius 3 is 2.54 bits per heavy atom. The Balaban J connectivity index is 2.06. The van der Waals surface area contributed by atoms with E-state index in [4.69, 9.17) is 0 Å². The van der Waals surface area contributed by atoms with Gasteiger partial charge in [0.2, 0.25) is 0 Å². The second-order valence-electron chi connectivity index (χ2n) is 6.64. The molecule has 0 amide bonds. The van der Waals surface area contributed by atoms with Crippen molar-refractivity contribution < 1.29 is 8.78 Å². The van der Waals surface area contributed by atoms with Crippen molar-refractivity contribution in [2.75, 3.05) is 0 Å². The number of nitrogens with one attached hydrogen (secondary N) is 1. The van der Waals surface area contributed by atoms with Crippen molar-refractivity contribution in [3.63, 3.8) is 0 Å². The van der Waals surface area contributed by atoms with Crippen molar-refractivity contribution >= 4 is 10.9 Å². The Labute approximate surface area is 149 Å². The second kappa shape index (κ2) is 6.72. The molecular formula is C21H18F2N2O. The number of aromatic amines is 1. The number of fused-ring (bicyclic) bond motifs is 1. The van der Waals surface area contributed by atoms with Crippen molar-refractivity contribution in [2.45, 2.75) is 32.1 Å². The molecule has 0 saturated heterocycles. The number of nitrogens with zero attached hydrogens (tertiary/aromatic N) is 1. The van der Waals surface area contributed by atoms with Crippen LogP contribution in [0.15, 0.2) is 47.3 Å². The highest BCUT2D eigenvalue weighted by molar-refractivity contribution is 5.80. The molecule has 0 fully saturated rings. The van der Waals surface area contributed by atoms with E-state index in [1.807, 2.05) is 25.1 Å². The molecule has 3 nitrogen and oxygen atoms in total. The van der Waals surface area contributed by atoms with E-state index in [-0.39, 0.29) is 17.5 Å². The Kier molecular flexibility index (Phi) is 4.60. The zero-order chi connectivity index (χ0) is 18.9. The van der Waals surface area contributed by atoms with Crippen molar-refractivity contribution in [1.29, 1.82) is 5.26 Å². The Bertz CT molecular complexity index is 1080. The van der Waals surface area contributed by atoms with Gasteiger partial charge in [-0.15, -0.1) is 0 Å². The first-order valence-electron chi connectivity index (χ1n) is 8.38. The fraction of sp³-hybridized carbons (Fsp3) is 0.238. The van der Waals surface area contributed by atoms with Gasteiger partial charge < -0.3 is 4.98 Å². The van der Waals surface area contributed by atoms with Crippen molar-refractivity contribution in [3.05, 3.63) is 81.1 Å². The van der Waals surface area contributed by atoms with Crippen LogP contribution in [0.25, 0.3) is 10.9 Å². The Morgan fingerprint density at radius 1 is 1.12 bits per heavy atom. The number of pyridine rings is 1. The molecule has 0 spiro atoms. The predicted octanol–water partition coefficient (Wildman–Crippen LogP) is 4.39. The number of benzene rings is 2. The zero-order valence-corrected chi connectivity index (χ0v) is 14.6. The van der Waals surface area contributed by atoms with Gasteiger partial charge in [-0.1, -0.05) is 25.1 Å². The Morgan fingerprint density at radius 2 is 1.88 bits per heavy atom. The average Bonchev–Trinajstić information content (AvgIpc) is 2.62. The highest BCUT2D eigenvalue weighted by Crippen LogP contribution is 2.30. The molecule has 0 aliphatic heterocycles. The third-order valence-electron chi connectivity index (χ3n) is 4.75. The maximum Gasteiger partial charge on any atom is 0.251 e. The molecule has 1 atom stereocenters. The van der Waals surface area contributed by atoms with E-state index < -0.39 is 17.0 Å². The van der Waals surface area contributed by atoms with Gasteiger partial charge in [-0.3, -0.25) is 4.79 Å². The summed E-state index contributed by atoms with van der Waals surface area (Å²) in [7, 11) is 0. The van der Waals surface area contributed by atoms with E-state index in [9.17, 15) is 18.8 Å². The fourth-order valence-electron chi connectivity index (χ4n) is 3.10. The maximum absolute atomic E-state index is 14.0. The van der Waals surface area contributed by atoms with E-state index in [0.29, 0.717) is 23.1 Å². The van der Waals surface area contributed by atoms with Crippen LogP contribution in [-0.2, 0) is 18.3 Å². The minimum absolute atomic E-state index is 0.0956. The monoisotopic (exact) mass is 352 g/mol. The van der Waals surface area contributed by atoms with Crippen molar-refractivity contribution in [3.8, 4) is 6.07 Å². The lowest BCUT2D eigenvalue weighted by atomic mass is 9.78. The number of nitriles is 1. The normalized spacial score (nSPS) is 13.3. The summed E-state index contributed by atoms with van der Waals surface area (Å²) in [6, 6.07) is 12.8. The molecule has 0 bridgehead atoms. The van der Waals surface area contributed by atoms with Gasteiger partial charge in [-0.25, -0.2) is 8.78 Å². The van der Waals surface area contributed by atoms with Crippen LogP contribution in [0.5, 0.6) is 0 Å². The van der Waals surface area contributed by atoms with E-state index in [2.05, 4.69) is 11.1 Å². The number of aryl methyl sites for hydroxylation is 1. The van der Waals surface area contributed by atoms with Gasteiger partial charge >= 0.3 is 0 Å². The van der Waals surface area contributed by atoms with Gasteiger partial charge in [0.05, 0.1) is 11.5 Å². The van der Waals surface area contributed by atoms with E-state index in [1.54, 1.807) is 13.0 Å². The van der Waals surface area contributed by atoms with E-state index >= 15 is 0 Å². The first-order valence-corrected chi connectivity index (χ1v) is 8.38. The van der Waals surface area contributed by atoms with Crippen LogP contribution in [0.1, 0.15) is 30.5 Å². The van der Waals surface area contributed by atoms with Gasteiger partial charge in [-0.2, -0.15) is 5.26 Å². The molecule has 2 aromatic carbocycles. The molecule has 3 rings (SSSR count). The lowest BCUT2D eigenvalue weighted by Gasteiger charge is -2.23. The molecule has 0 radical (unpaired) electrons. The molecule has 132 valence electrons. The topological polar surface area (TPSA) is 56.6 Å². The maximum atomic E-state index is 14.0. The summed E-state index contributed by atoms with van der Waals surface area (Å²) in [6.07, 6.45) is 0.727. The van der Waals surface area contributed by atoms with E-state index in [0.717, 1.165) is 11.5 Å². The molecule has 3 aromatic rings. The molecular weight excluding hydrogens is 334 g/mol. The molecule has 1 aromatic heterocycles. The Hall–Kier alpha value is -3.00. The van der Waals surface area contributed by atoms with Crippen LogP contribution in [-0.4, -0.2) is 4.98 Å². The van der Waals surface area contributed by atoms with Crippen LogP contribution >= 0.6 is 0 Å². The van der Waals surface area contributed by atoms with Crippen molar-refractivity contribution in [1.82, 2.24) is 4.98 Å². The van der Waals surface area contributed by atoms with E-state index in [1.165, 1.54) is 12.1 Å². The fourth-order valence-corrected chi connectivity index (χ4v) is 3.10. The largest absolute Gasteiger partial charge is 0.322 e. The minimum Gasteiger partial charge on any atom is -0.322 e. The second-order valence-corrected chi connectivity index (χ2v) is 6.64. The van der Waals surface area contributed by atoms with Crippen LogP contribution < -0.4 is 5.56 Å². The highest BCUT2D eigenvalue weighted by atomic mass is 19.1. The van der Waals surface area contributed by atoms with Gasteiger partial charge in [0.1, 0.15) is 11.6 Å². The third kappa shape index (κ3) is 3.23. The summed E-state index contributed by atoms with van der Waals surface area (Å²) < 4.78 is 27.1. The quantitative estimate of drug-likeness (QED) is 0.757. The zero-order valence-electron chi connectivity index (χ0n) is 14.6. The standard InChI is InChI=1S/C21H18F2N2O/c1-3-13-8-14-4-6-16(9-19(14)25-20(13)26)21(2,12-24)11-15-5-7-17(22)10-18(15)23/h4-10H,3,11H2,1-2H3,(H,25,26). The summed E-state index contributed by atoms with van der Waals surface area (Å²) >= 11 is 0. The van der Waals surface area contributed by atoms with Gasteiger partial charge in [0.15, 0.2) is 0 Å². The smallest absolute Gasteiger partial charge is 0.251 e. The van der Waals surface area contributed by atoms with Crippen LogP contribution in [0.2, 0.25) is 0 Å². The molecule has 26 heavy (non-hydrogen) atoms. The molecule has 0 aliphatic carbocycles. The molecule has 0 aliphatic rings. The first-order chi connectivity index (χ1) is 12.4. The number of aromatic nitrogens is 1. The lowest BCUT2D eigenvalue weighted by molar-refractivity contribution is 0.542. The minimum atomic E-state index is -1.02. The summed E-state index contributed by atoms with van der Waals surface area (Å²) in [5, 5.41) is 10.6. The number of halogens is 2. The van der Waals surface area contributed by atoms with Gasteiger partial charge in [0.25, 0.3) is 5.56 Å². The SMILES string of the molecule is CCc1cc2ccc(C(C)(C#N)Cc3ccc(F)cc3F)cc2[nH]c1=O. The number of hydrogen-bond donors (Lipinski definition) is 1. The third-order valence-corrected chi connectivity index (χ3v) is 4.75. The molecule has 5 heteroatoms. The average molecular weight is 352 g/mol. The number of H-pyrrole nitrogens is 1. The highest BCUT2D eigenvalue weighted by Gasteiger charge is 2.28. The van der Waals surface area contributed by atoms with Crippen LogP contribution in [0.4, 0.5) is 8.78 Å². The van der Waals surface area contributed by atoms with Crippen molar-refractivity contribution in [2.24, 2.45) is 0 Å². The molecule has 1 heterocycles. The van der Waals surface area contributed by atoms with Gasteiger partial charge in [-0.05, 0) is 54.5 Å². The summed E-state index contributed by atoms with van der Waals surface area (Å²) in [4.78, 5) is 14.9. The summed E-state index contributed by atoms with van der Waals surface area (Å²) in [6.45, 7) is 3.62. The lowest BCUT2D eigenvalue weighted by Crippen LogP contribution is -2.23. The predicted molar refractivity (Wildman–Crippen MR) is 97.0 cm³/mol. The molecule has 1 unspecified atom stereocenters. The van der Waals surface area contributed by atoms with Gasteiger partial charge in [0, 0.05) is 17.1 Å². The summed E-state index contributed by atoms with van der Waals surface area (Å²) in [5.74, 6) is -1.33. The van der Waals surface area contributed by atoms with Crippen LogP contribution in [0.3, 0.4) is 0 Å². The number of rotatable bonds is 4.